The summed E-state index contributed by atoms with van der Waals surface area (Å²) in [5.41, 5.74) is 1.19. The molecule has 2 fully saturated rings. The van der Waals surface area contributed by atoms with Gasteiger partial charge in [0.15, 0.2) is 5.79 Å². The summed E-state index contributed by atoms with van der Waals surface area (Å²) in [5.74, 6) is -0.212. The molecule has 5 nitrogen and oxygen atoms in total. The number of likely N-dealkylation sites (tertiary alicyclic amines) is 1. The number of hydrogen-bond acceptors (Lipinski definition) is 5. The number of anilines is 1. The van der Waals surface area contributed by atoms with Gasteiger partial charge in [-0.1, -0.05) is 19.1 Å². The first-order valence-electron chi connectivity index (χ1n) is 8.72. The SMILES string of the molecule is CC1CN(CC(=O)N2CCC3(CC2)OCCO3)c2ccccc2S1. The summed E-state index contributed by atoms with van der Waals surface area (Å²) >= 11 is 1.89. The fourth-order valence-corrected chi connectivity index (χ4v) is 4.94. The van der Waals surface area contributed by atoms with Gasteiger partial charge in [-0.15, -0.1) is 11.8 Å². The second-order valence-corrected chi connectivity index (χ2v) is 8.25. The van der Waals surface area contributed by atoms with Crippen LogP contribution in [0.5, 0.6) is 0 Å². The molecule has 3 aliphatic rings. The van der Waals surface area contributed by atoms with Crippen LogP contribution < -0.4 is 4.90 Å². The van der Waals surface area contributed by atoms with Crippen molar-refractivity contribution in [1.29, 1.82) is 0 Å². The van der Waals surface area contributed by atoms with Gasteiger partial charge in [-0.2, -0.15) is 0 Å². The van der Waals surface area contributed by atoms with Gasteiger partial charge < -0.3 is 19.3 Å². The van der Waals surface area contributed by atoms with Crippen LogP contribution in [-0.4, -0.2) is 61.2 Å². The largest absolute Gasteiger partial charge is 0.360 e. The average Bonchev–Trinajstić information content (AvgIpc) is 3.03. The van der Waals surface area contributed by atoms with Crippen molar-refractivity contribution in [3.63, 3.8) is 0 Å². The topological polar surface area (TPSA) is 42.0 Å². The Kier molecular flexibility index (Phi) is 4.45. The normalized spacial score (nSPS) is 25.8. The van der Waals surface area contributed by atoms with E-state index in [1.165, 1.54) is 10.6 Å². The van der Waals surface area contributed by atoms with Crippen molar-refractivity contribution in [3.8, 4) is 0 Å². The van der Waals surface area contributed by atoms with Crippen LogP contribution in [0.4, 0.5) is 5.69 Å². The van der Waals surface area contributed by atoms with Gasteiger partial charge in [0.05, 0.1) is 25.4 Å². The second kappa shape index (κ2) is 6.58. The first-order chi connectivity index (χ1) is 11.7. The molecule has 3 heterocycles. The Labute approximate surface area is 147 Å². The van der Waals surface area contributed by atoms with Crippen molar-refractivity contribution in [2.75, 3.05) is 44.3 Å². The van der Waals surface area contributed by atoms with E-state index < -0.39 is 5.79 Å². The number of ether oxygens (including phenoxy) is 2. The molecule has 0 N–H and O–H groups in total. The molecule has 3 aliphatic heterocycles. The monoisotopic (exact) mass is 348 g/mol. The molecule has 0 aromatic heterocycles. The number of carbonyl (C=O) groups excluding carboxylic acids is 1. The highest BCUT2D eigenvalue weighted by atomic mass is 32.2. The van der Waals surface area contributed by atoms with E-state index in [1.54, 1.807) is 0 Å². The fraction of sp³-hybridized carbons (Fsp3) is 0.611. The minimum atomic E-state index is -0.417. The number of hydrogen-bond donors (Lipinski definition) is 0. The lowest BCUT2D eigenvalue weighted by Crippen LogP contribution is -2.50. The molecule has 4 rings (SSSR count). The number of amides is 1. The Morgan fingerprint density at radius 1 is 1.25 bits per heavy atom. The molecule has 1 aromatic carbocycles. The second-order valence-electron chi connectivity index (χ2n) is 6.77. The van der Waals surface area contributed by atoms with Crippen LogP contribution in [0.25, 0.3) is 0 Å². The third-order valence-electron chi connectivity index (χ3n) is 5.03. The van der Waals surface area contributed by atoms with Crippen LogP contribution in [0.3, 0.4) is 0 Å². The number of carbonyl (C=O) groups is 1. The molecule has 1 atom stereocenters. The van der Waals surface area contributed by atoms with Gasteiger partial charge in [0.1, 0.15) is 0 Å². The molecule has 6 heteroatoms. The van der Waals surface area contributed by atoms with Crippen molar-refractivity contribution in [2.24, 2.45) is 0 Å². The Balaban J connectivity index is 1.40. The van der Waals surface area contributed by atoms with Gasteiger partial charge in [-0.3, -0.25) is 4.79 Å². The highest BCUT2D eigenvalue weighted by Crippen LogP contribution is 2.38. The third kappa shape index (κ3) is 3.15. The fourth-order valence-electron chi connectivity index (χ4n) is 3.78. The molecule has 1 amide bonds. The maximum absolute atomic E-state index is 12.8. The van der Waals surface area contributed by atoms with E-state index in [1.807, 2.05) is 22.7 Å². The summed E-state index contributed by atoms with van der Waals surface area (Å²) in [6.45, 7) is 6.38. The molecular weight excluding hydrogens is 324 g/mol. The number of para-hydroxylation sites is 1. The molecule has 0 aliphatic carbocycles. The summed E-state index contributed by atoms with van der Waals surface area (Å²) in [6, 6.07) is 8.38. The van der Waals surface area contributed by atoms with Crippen LogP contribution in [0.2, 0.25) is 0 Å². The number of piperidine rings is 1. The number of benzene rings is 1. The average molecular weight is 348 g/mol. The minimum absolute atomic E-state index is 0.205. The van der Waals surface area contributed by atoms with E-state index in [9.17, 15) is 4.79 Å². The van der Waals surface area contributed by atoms with Crippen molar-refractivity contribution >= 4 is 23.4 Å². The van der Waals surface area contributed by atoms with Crippen LogP contribution in [0.15, 0.2) is 29.2 Å². The first kappa shape index (κ1) is 16.2. The molecule has 2 saturated heterocycles. The van der Waals surface area contributed by atoms with Gasteiger partial charge >= 0.3 is 0 Å². The number of rotatable bonds is 2. The number of fused-ring (bicyclic) bond motifs is 1. The number of nitrogens with zero attached hydrogens (tertiary/aromatic N) is 2. The van der Waals surface area contributed by atoms with Gasteiger partial charge in [0.2, 0.25) is 5.91 Å². The molecule has 0 saturated carbocycles. The Hall–Kier alpha value is -1.24. The molecule has 0 bridgehead atoms. The third-order valence-corrected chi connectivity index (χ3v) is 6.18. The van der Waals surface area contributed by atoms with E-state index in [4.69, 9.17) is 9.47 Å². The first-order valence-corrected chi connectivity index (χ1v) is 9.59. The van der Waals surface area contributed by atoms with Crippen LogP contribution >= 0.6 is 11.8 Å². The molecule has 1 aromatic rings. The lowest BCUT2D eigenvalue weighted by molar-refractivity contribution is -0.187. The maximum Gasteiger partial charge on any atom is 0.242 e. The quantitative estimate of drug-likeness (QED) is 0.821. The Morgan fingerprint density at radius 3 is 2.71 bits per heavy atom. The lowest BCUT2D eigenvalue weighted by atomic mass is 10.0. The van der Waals surface area contributed by atoms with Crippen molar-refractivity contribution < 1.29 is 14.3 Å². The van der Waals surface area contributed by atoms with E-state index in [0.717, 1.165) is 32.5 Å². The standard InChI is InChI=1S/C18H24N2O3S/c1-14-12-20(15-4-2-3-5-16(15)24-14)13-17(21)19-8-6-18(7-9-19)22-10-11-23-18/h2-5,14H,6-13H2,1H3. The molecule has 0 radical (unpaired) electrons. The lowest BCUT2D eigenvalue weighted by Gasteiger charge is -2.39. The van der Waals surface area contributed by atoms with Crippen molar-refractivity contribution in [2.45, 2.75) is 35.7 Å². The predicted molar refractivity (Wildman–Crippen MR) is 94.4 cm³/mol. The molecule has 1 unspecified atom stereocenters. The smallest absolute Gasteiger partial charge is 0.242 e. The molecule has 24 heavy (non-hydrogen) atoms. The Bertz CT molecular complexity index is 608. The van der Waals surface area contributed by atoms with Gasteiger partial charge in [0.25, 0.3) is 0 Å². The minimum Gasteiger partial charge on any atom is -0.360 e. The summed E-state index contributed by atoms with van der Waals surface area (Å²) < 4.78 is 11.5. The van der Waals surface area contributed by atoms with Crippen molar-refractivity contribution in [1.82, 2.24) is 4.90 Å². The van der Waals surface area contributed by atoms with E-state index in [-0.39, 0.29) is 5.91 Å². The summed E-state index contributed by atoms with van der Waals surface area (Å²) in [6.07, 6.45) is 1.56. The van der Waals surface area contributed by atoms with Crippen LogP contribution in [0, 0.1) is 0 Å². The zero-order valence-corrected chi connectivity index (χ0v) is 14.9. The van der Waals surface area contributed by atoms with Gasteiger partial charge in [0, 0.05) is 42.6 Å². The summed E-state index contributed by atoms with van der Waals surface area (Å²) in [4.78, 5) is 18.2. The van der Waals surface area contributed by atoms with Gasteiger partial charge in [-0.25, -0.2) is 0 Å². The van der Waals surface area contributed by atoms with E-state index in [0.29, 0.717) is 25.0 Å². The summed E-state index contributed by atoms with van der Waals surface area (Å²) in [7, 11) is 0. The van der Waals surface area contributed by atoms with Crippen LogP contribution in [0.1, 0.15) is 19.8 Å². The number of thioether (sulfide) groups is 1. The highest BCUT2D eigenvalue weighted by Gasteiger charge is 2.41. The molecule has 1 spiro atoms. The zero-order valence-electron chi connectivity index (χ0n) is 14.1. The van der Waals surface area contributed by atoms with E-state index in [2.05, 4.69) is 30.0 Å². The Morgan fingerprint density at radius 2 is 1.96 bits per heavy atom. The van der Waals surface area contributed by atoms with Crippen LogP contribution in [-0.2, 0) is 14.3 Å². The molecular formula is C18H24N2O3S. The zero-order chi connectivity index (χ0) is 16.6. The summed E-state index contributed by atoms with van der Waals surface area (Å²) in [5, 5.41) is 0.498. The van der Waals surface area contributed by atoms with Crippen molar-refractivity contribution in [3.05, 3.63) is 24.3 Å². The van der Waals surface area contributed by atoms with Gasteiger partial charge in [-0.05, 0) is 12.1 Å². The molecule has 130 valence electrons. The highest BCUT2D eigenvalue weighted by molar-refractivity contribution is 8.00. The van der Waals surface area contributed by atoms with E-state index >= 15 is 0 Å². The predicted octanol–water partition coefficient (Wildman–Crippen LogP) is 2.35. The maximum atomic E-state index is 12.8.